The summed E-state index contributed by atoms with van der Waals surface area (Å²) in [6.45, 7) is 0. The third-order valence-electron chi connectivity index (χ3n) is 2.03. The molecule has 0 unspecified atom stereocenters. The molecule has 0 nitrogen and oxygen atoms in total. The Morgan fingerprint density at radius 3 is 2.50 bits per heavy atom. The van der Waals surface area contributed by atoms with Gasteiger partial charge >= 0.3 is 0 Å². The molecular weight excluding hydrogens is 208 g/mol. The van der Waals surface area contributed by atoms with Crippen LogP contribution in [0.4, 0.5) is 0 Å². The van der Waals surface area contributed by atoms with E-state index in [9.17, 15) is 0 Å². The van der Waals surface area contributed by atoms with Crippen molar-refractivity contribution < 1.29 is 0 Å². The Bertz CT molecular complexity index is 360. The summed E-state index contributed by atoms with van der Waals surface area (Å²) >= 11 is 6.07. The summed E-state index contributed by atoms with van der Waals surface area (Å²) in [4.78, 5) is 3.64. The molecule has 14 heavy (non-hydrogen) atoms. The van der Waals surface area contributed by atoms with E-state index in [1.165, 1.54) is 22.6 Å². The van der Waals surface area contributed by atoms with Crippen LogP contribution < -0.4 is 0 Å². The van der Waals surface area contributed by atoms with E-state index in [0.29, 0.717) is 0 Å². The smallest absolute Gasteiger partial charge is 0.0123 e. The number of allylic oxidation sites excluding steroid dienone is 3. The van der Waals surface area contributed by atoms with Gasteiger partial charge in [0, 0.05) is 14.7 Å². The first kappa shape index (κ1) is 9.94. The van der Waals surface area contributed by atoms with Gasteiger partial charge in [-0.05, 0) is 37.1 Å². The van der Waals surface area contributed by atoms with Gasteiger partial charge in [0.2, 0.25) is 0 Å². The van der Waals surface area contributed by atoms with Gasteiger partial charge in [0.05, 0.1) is 0 Å². The van der Waals surface area contributed by atoms with Gasteiger partial charge in [0.15, 0.2) is 0 Å². The van der Waals surface area contributed by atoms with Crippen molar-refractivity contribution in [2.45, 2.75) is 22.6 Å². The van der Waals surface area contributed by atoms with Gasteiger partial charge in [-0.2, -0.15) is 0 Å². The topological polar surface area (TPSA) is 0 Å². The minimum Gasteiger partial charge on any atom is -0.143 e. The first-order valence-electron chi connectivity index (χ1n) is 4.68. The molecule has 2 heteroatoms. The first-order valence-corrected chi connectivity index (χ1v) is 5.94. The minimum absolute atomic E-state index is 1.02. The van der Waals surface area contributed by atoms with Gasteiger partial charge in [0.25, 0.3) is 0 Å². The highest BCUT2D eigenvalue weighted by Gasteiger charge is 1.99. The highest BCUT2D eigenvalue weighted by atomic mass is 32.2. The summed E-state index contributed by atoms with van der Waals surface area (Å²) in [5.74, 6) is 0. The Morgan fingerprint density at radius 1 is 1.07 bits per heavy atom. The molecule has 0 fully saturated rings. The minimum atomic E-state index is 1.02. The second-order valence-electron chi connectivity index (χ2n) is 3.18. The van der Waals surface area contributed by atoms with E-state index in [1.807, 2.05) is 23.9 Å². The molecule has 0 atom stereocenters. The summed E-state index contributed by atoms with van der Waals surface area (Å²) in [6, 6.07) is 8.27. The molecule has 1 aliphatic carbocycles. The van der Waals surface area contributed by atoms with Crippen LogP contribution in [0.2, 0.25) is 0 Å². The Balaban J connectivity index is 2.07. The van der Waals surface area contributed by atoms with Crippen molar-refractivity contribution in [2.75, 3.05) is 0 Å². The van der Waals surface area contributed by atoms with Crippen LogP contribution in [0, 0.1) is 0 Å². The monoisotopic (exact) mass is 220 g/mol. The average molecular weight is 220 g/mol. The molecule has 0 bridgehead atoms. The van der Waals surface area contributed by atoms with Crippen LogP contribution in [0.25, 0.3) is 0 Å². The highest BCUT2D eigenvalue weighted by Crippen LogP contribution is 2.30. The first-order chi connectivity index (χ1) is 6.84. The Kier molecular flexibility index (Phi) is 3.38. The molecule has 0 N–H and O–H groups in total. The van der Waals surface area contributed by atoms with E-state index in [1.54, 1.807) is 0 Å². The average Bonchev–Trinajstić information content (AvgIpc) is 2.23. The van der Waals surface area contributed by atoms with Crippen molar-refractivity contribution in [3.8, 4) is 0 Å². The maximum absolute atomic E-state index is 4.26. The molecular formula is C12H12S2. The fourth-order valence-electron chi connectivity index (χ4n) is 1.32. The maximum atomic E-state index is 4.26. The van der Waals surface area contributed by atoms with Crippen molar-refractivity contribution in [3.05, 3.63) is 47.4 Å². The molecule has 0 heterocycles. The third-order valence-corrected chi connectivity index (χ3v) is 3.38. The fourth-order valence-corrected chi connectivity index (χ4v) is 2.37. The zero-order chi connectivity index (χ0) is 9.80. The van der Waals surface area contributed by atoms with Crippen LogP contribution in [-0.4, -0.2) is 0 Å². The van der Waals surface area contributed by atoms with Crippen molar-refractivity contribution in [3.63, 3.8) is 0 Å². The number of hydrogen-bond acceptors (Lipinski definition) is 2. The summed E-state index contributed by atoms with van der Waals surface area (Å²) in [5.41, 5.74) is 0. The van der Waals surface area contributed by atoms with Crippen LogP contribution in [0.15, 0.2) is 57.2 Å². The number of benzene rings is 1. The molecule has 0 amide bonds. The van der Waals surface area contributed by atoms with Gasteiger partial charge in [-0.1, -0.05) is 30.0 Å². The lowest BCUT2D eigenvalue weighted by atomic mass is 10.2. The lowest BCUT2D eigenvalue weighted by Gasteiger charge is -2.06. The predicted molar refractivity (Wildman–Crippen MR) is 66.0 cm³/mol. The lowest BCUT2D eigenvalue weighted by molar-refractivity contribution is 1.03. The maximum Gasteiger partial charge on any atom is 0.0123 e. The molecule has 1 aliphatic rings. The van der Waals surface area contributed by atoms with Crippen LogP contribution in [0.3, 0.4) is 0 Å². The van der Waals surface area contributed by atoms with Crippen LogP contribution in [0.5, 0.6) is 0 Å². The third kappa shape index (κ3) is 2.69. The van der Waals surface area contributed by atoms with Crippen LogP contribution in [-0.2, 0) is 0 Å². The van der Waals surface area contributed by atoms with Gasteiger partial charge < -0.3 is 0 Å². The molecule has 2 rings (SSSR count). The van der Waals surface area contributed by atoms with Crippen molar-refractivity contribution in [2.24, 2.45) is 0 Å². The second-order valence-corrected chi connectivity index (χ2v) is 4.85. The molecule has 0 saturated carbocycles. The number of hydrogen-bond donors (Lipinski definition) is 1. The van der Waals surface area contributed by atoms with Gasteiger partial charge in [-0.15, -0.1) is 12.6 Å². The quantitative estimate of drug-likeness (QED) is 0.725. The summed E-state index contributed by atoms with van der Waals surface area (Å²) in [5, 5.41) is 0. The molecule has 1 aromatic rings. The normalized spacial score (nSPS) is 15.4. The van der Waals surface area contributed by atoms with Crippen LogP contribution in [0.1, 0.15) is 12.8 Å². The molecule has 1 aromatic carbocycles. The Labute approximate surface area is 94.5 Å². The van der Waals surface area contributed by atoms with E-state index in [-0.39, 0.29) is 0 Å². The number of thiol groups is 1. The molecule has 0 radical (unpaired) electrons. The Morgan fingerprint density at radius 2 is 1.86 bits per heavy atom. The predicted octanol–water partition coefficient (Wildman–Crippen LogP) is 4.30. The molecule has 0 spiro atoms. The van der Waals surface area contributed by atoms with Gasteiger partial charge in [-0.3, -0.25) is 0 Å². The summed E-state index contributed by atoms with van der Waals surface area (Å²) < 4.78 is 0. The standard InChI is InChI=1S/C12H12S2/c13-10-6-8-12(9-7-10)14-11-4-2-1-3-5-11/h2,4-9,13H,1,3H2. The van der Waals surface area contributed by atoms with E-state index < -0.39 is 0 Å². The zero-order valence-electron chi connectivity index (χ0n) is 7.81. The van der Waals surface area contributed by atoms with Crippen molar-refractivity contribution >= 4 is 24.4 Å². The largest absolute Gasteiger partial charge is 0.143 e. The fraction of sp³-hybridized carbons (Fsp3) is 0.167. The van der Waals surface area contributed by atoms with Gasteiger partial charge in [0.1, 0.15) is 0 Å². The summed E-state index contributed by atoms with van der Waals surface area (Å²) in [7, 11) is 0. The molecule has 0 aromatic heterocycles. The summed E-state index contributed by atoms with van der Waals surface area (Å²) in [6.07, 6.45) is 9.07. The Hall–Kier alpha value is -0.600. The molecule has 0 aliphatic heterocycles. The number of thioether (sulfide) groups is 1. The number of rotatable bonds is 2. The highest BCUT2D eigenvalue weighted by molar-refractivity contribution is 8.03. The van der Waals surface area contributed by atoms with E-state index in [2.05, 4.69) is 43.0 Å². The molecule has 72 valence electrons. The SMILES string of the molecule is Sc1ccc(SC2=CCCC=C2)cc1. The lowest BCUT2D eigenvalue weighted by Crippen LogP contribution is -1.80. The van der Waals surface area contributed by atoms with Gasteiger partial charge in [-0.25, -0.2) is 0 Å². The van der Waals surface area contributed by atoms with Crippen LogP contribution >= 0.6 is 24.4 Å². The second kappa shape index (κ2) is 4.76. The van der Waals surface area contributed by atoms with E-state index in [0.717, 1.165) is 4.90 Å². The van der Waals surface area contributed by atoms with Crippen molar-refractivity contribution in [1.29, 1.82) is 0 Å². The van der Waals surface area contributed by atoms with E-state index in [4.69, 9.17) is 0 Å². The molecule has 0 saturated heterocycles. The van der Waals surface area contributed by atoms with Crippen molar-refractivity contribution in [1.82, 2.24) is 0 Å². The zero-order valence-corrected chi connectivity index (χ0v) is 9.52. The van der Waals surface area contributed by atoms with E-state index >= 15 is 0 Å².